The van der Waals surface area contributed by atoms with E-state index in [4.69, 9.17) is 0 Å². The molecule has 0 N–H and O–H groups in total. The third-order valence-electron chi connectivity index (χ3n) is 5.13. The molecule has 1 aromatic carbocycles. The van der Waals surface area contributed by atoms with E-state index >= 15 is 0 Å². The van der Waals surface area contributed by atoms with Crippen molar-refractivity contribution in [3.05, 3.63) is 18.2 Å². The summed E-state index contributed by atoms with van der Waals surface area (Å²) >= 11 is 1.42. The zero-order valence-electron chi connectivity index (χ0n) is 16.7. The highest BCUT2D eigenvalue weighted by atomic mass is 32.2. The molecular weight excluding hydrogens is 396 g/mol. The Morgan fingerprint density at radius 1 is 1.18 bits per heavy atom. The van der Waals surface area contributed by atoms with Crippen LogP contribution in [-0.2, 0) is 21.4 Å². The number of carbonyl (C=O) groups is 1. The first-order chi connectivity index (χ1) is 13.4. The van der Waals surface area contributed by atoms with E-state index in [0.717, 1.165) is 36.6 Å². The molecule has 0 bridgehead atoms. The molecule has 0 radical (unpaired) electrons. The van der Waals surface area contributed by atoms with Gasteiger partial charge in [-0.05, 0) is 38.0 Å². The van der Waals surface area contributed by atoms with E-state index in [9.17, 15) is 13.2 Å². The van der Waals surface area contributed by atoms with E-state index in [-0.39, 0.29) is 10.8 Å². The van der Waals surface area contributed by atoms with Crippen LogP contribution in [0.2, 0.25) is 0 Å². The fraction of sp³-hybridized carbons (Fsp3) is 0.579. The standard InChI is InChI=1S/C19H28N4O3S2/c1-4-22(5-2)28(25,26)15-9-10-17-16(13-15)20-19(23(17)6-3)27-14-18(24)21-11-7-8-12-21/h9-10,13H,4-8,11-12,14H2,1-3H3. The van der Waals surface area contributed by atoms with Crippen LogP contribution in [-0.4, -0.2) is 65.0 Å². The molecule has 0 unspecified atom stereocenters. The van der Waals surface area contributed by atoms with Crippen molar-refractivity contribution in [2.75, 3.05) is 31.9 Å². The maximum atomic E-state index is 12.8. The van der Waals surface area contributed by atoms with Crippen LogP contribution in [0.25, 0.3) is 11.0 Å². The molecule has 1 aliphatic heterocycles. The van der Waals surface area contributed by atoms with Gasteiger partial charge in [0.15, 0.2) is 5.16 Å². The van der Waals surface area contributed by atoms with E-state index in [2.05, 4.69) is 4.98 Å². The molecule has 0 atom stereocenters. The maximum Gasteiger partial charge on any atom is 0.243 e. The summed E-state index contributed by atoms with van der Waals surface area (Å²) in [6, 6.07) is 5.10. The van der Waals surface area contributed by atoms with Gasteiger partial charge in [-0.1, -0.05) is 25.6 Å². The Morgan fingerprint density at radius 2 is 1.86 bits per heavy atom. The van der Waals surface area contributed by atoms with Crippen LogP contribution in [0.15, 0.2) is 28.3 Å². The third kappa shape index (κ3) is 4.06. The monoisotopic (exact) mass is 424 g/mol. The first-order valence-electron chi connectivity index (χ1n) is 9.83. The van der Waals surface area contributed by atoms with E-state index in [1.165, 1.54) is 16.1 Å². The Kier molecular flexibility index (Phi) is 6.67. The normalized spacial score (nSPS) is 15.1. The summed E-state index contributed by atoms with van der Waals surface area (Å²) in [5.41, 5.74) is 1.53. The predicted octanol–water partition coefficient (Wildman–Crippen LogP) is 2.80. The van der Waals surface area contributed by atoms with Crippen LogP contribution in [0.3, 0.4) is 0 Å². The highest BCUT2D eigenvalue weighted by Crippen LogP contribution is 2.27. The summed E-state index contributed by atoms with van der Waals surface area (Å²) in [6.45, 7) is 8.94. The van der Waals surface area contributed by atoms with Gasteiger partial charge in [-0.3, -0.25) is 4.79 Å². The Hall–Kier alpha value is -1.58. The summed E-state index contributed by atoms with van der Waals surface area (Å²) in [4.78, 5) is 19.1. The quantitative estimate of drug-likeness (QED) is 0.609. The largest absolute Gasteiger partial charge is 0.342 e. The number of imidazole rings is 1. The van der Waals surface area contributed by atoms with Crippen LogP contribution < -0.4 is 0 Å². The van der Waals surface area contributed by atoms with Gasteiger partial charge in [0, 0.05) is 32.7 Å². The van der Waals surface area contributed by atoms with Gasteiger partial charge in [0.1, 0.15) is 0 Å². The van der Waals surface area contributed by atoms with E-state index < -0.39 is 10.0 Å². The fourth-order valence-corrected chi connectivity index (χ4v) is 6.02. The van der Waals surface area contributed by atoms with Gasteiger partial charge in [0.05, 0.1) is 21.7 Å². The zero-order valence-corrected chi connectivity index (χ0v) is 18.4. The molecule has 1 fully saturated rings. The zero-order chi connectivity index (χ0) is 20.3. The molecule has 1 aliphatic rings. The lowest BCUT2D eigenvalue weighted by Gasteiger charge is -2.18. The number of nitrogens with zero attached hydrogens (tertiary/aromatic N) is 4. The number of rotatable bonds is 8. The minimum Gasteiger partial charge on any atom is -0.342 e. The minimum absolute atomic E-state index is 0.141. The Morgan fingerprint density at radius 3 is 2.46 bits per heavy atom. The second-order valence-corrected chi connectivity index (χ2v) is 9.64. The summed E-state index contributed by atoms with van der Waals surface area (Å²) < 4.78 is 29.1. The third-order valence-corrected chi connectivity index (χ3v) is 8.13. The molecular formula is C19H28N4O3S2. The van der Waals surface area contributed by atoms with Gasteiger partial charge in [-0.15, -0.1) is 0 Å². The number of likely N-dealkylation sites (tertiary alicyclic amines) is 1. The van der Waals surface area contributed by atoms with Gasteiger partial charge in [0.25, 0.3) is 0 Å². The van der Waals surface area contributed by atoms with E-state index in [1.807, 2.05) is 36.3 Å². The molecule has 3 rings (SSSR count). The highest BCUT2D eigenvalue weighted by Gasteiger charge is 2.23. The number of hydrogen-bond acceptors (Lipinski definition) is 5. The van der Waals surface area contributed by atoms with Crippen molar-refractivity contribution >= 4 is 38.7 Å². The second-order valence-electron chi connectivity index (χ2n) is 6.76. The molecule has 0 saturated carbocycles. The van der Waals surface area contributed by atoms with Gasteiger partial charge in [0.2, 0.25) is 15.9 Å². The molecule has 28 heavy (non-hydrogen) atoms. The highest BCUT2D eigenvalue weighted by molar-refractivity contribution is 7.99. The fourth-order valence-electron chi connectivity index (χ4n) is 3.56. The van der Waals surface area contributed by atoms with E-state index in [0.29, 0.717) is 30.9 Å². The number of aryl methyl sites for hydroxylation is 1. The Bertz CT molecular complexity index is 945. The number of fused-ring (bicyclic) bond motifs is 1. The van der Waals surface area contributed by atoms with Gasteiger partial charge >= 0.3 is 0 Å². The molecule has 7 nitrogen and oxygen atoms in total. The minimum atomic E-state index is -3.52. The lowest BCUT2D eigenvalue weighted by Crippen LogP contribution is -2.30. The molecule has 2 heterocycles. The van der Waals surface area contributed by atoms with Crippen LogP contribution in [0.1, 0.15) is 33.6 Å². The predicted molar refractivity (Wildman–Crippen MR) is 112 cm³/mol. The number of thioether (sulfide) groups is 1. The lowest BCUT2D eigenvalue weighted by molar-refractivity contribution is -0.127. The first kappa shape index (κ1) is 21.1. The smallest absolute Gasteiger partial charge is 0.243 e. The molecule has 1 saturated heterocycles. The number of amides is 1. The van der Waals surface area contributed by atoms with Crippen molar-refractivity contribution in [3.8, 4) is 0 Å². The average Bonchev–Trinajstić information content (AvgIpc) is 3.33. The van der Waals surface area contributed by atoms with Crippen molar-refractivity contribution < 1.29 is 13.2 Å². The molecule has 0 aliphatic carbocycles. The van der Waals surface area contributed by atoms with Crippen LogP contribution in [0.4, 0.5) is 0 Å². The second kappa shape index (κ2) is 8.84. The summed E-state index contributed by atoms with van der Waals surface area (Å²) in [5.74, 6) is 0.496. The van der Waals surface area contributed by atoms with Gasteiger partial charge < -0.3 is 9.47 Å². The number of aromatic nitrogens is 2. The van der Waals surface area contributed by atoms with Gasteiger partial charge in [-0.2, -0.15) is 4.31 Å². The van der Waals surface area contributed by atoms with Crippen molar-refractivity contribution in [3.63, 3.8) is 0 Å². The summed E-state index contributed by atoms with van der Waals surface area (Å²) in [7, 11) is -3.52. The van der Waals surface area contributed by atoms with Crippen molar-refractivity contribution in [2.24, 2.45) is 0 Å². The molecule has 1 amide bonds. The molecule has 1 aromatic heterocycles. The number of sulfonamides is 1. The first-order valence-corrected chi connectivity index (χ1v) is 12.3. The average molecular weight is 425 g/mol. The summed E-state index contributed by atoms with van der Waals surface area (Å²) in [6.07, 6.45) is 2.15. The Balaban J connectivity index is 1.87. The van der Waals surface area contributed by atoms with Crippen molar-refractivity contribution in [1.29, 1.82) is 0 Å². The molecule has 0 spiro atoms. The van der Waals surface area contributed by atoms with Crippen molar-refractivity contribution in [2.45, 2.75) is 50.2 Å². The van der Waals surface area contributed by atoms with Crippen LogP contribution in [0, 0.1) is 0 Å². The molecule has 9 heteroatoms. The number of carbonyl (C=O) groups excluding carboxylic acids is 1. The summed E-state index contributed by atoms with van der Waals surface area (Å²) in [5, 5.41) is 0.752. The maximum absolute atomic E-state index is 12.8. The lowest BCUT2D eigenvalue weighted by atomic mass is 10.3. The molecule has 154 valence electrons. The van der Waals surface area contributed by atoms with Crippen LogP contribution in [0.5, 0.6) is 0 Å². The number of benzene rings is 1. The topological polar surface area (TPSA) is 75.5 Å². The van der Waals surface area contributed by atoms with E-state index in [1.54, 1.807) is 12.1 Å². The number of hydrogen-bond donors (Lipinski definition) is 0. The van der Waals surface area contributed by atoms with Crippen molar-refractivity contribution in [1.82, 2.24) is 18.8 Å². The van der Waals surface area contributed by atoms with Gasteiger partial charge in [-0.25, -0.2) is 13.4 Å². The Labute approximate surface area is 171 Å². The molecule has 2 aromatic rings. The SMILES string of the molecule is CCN(CC)S(=O)(=O)c1ccc2c(c1)nc(SCC(=O)N1CCCC1)n2CC. The van der Waals surface area contributed by atoms with Crippen LogP contribution >= 0.6 is 11.8 Å².